The molecule has 2 aliphatic rings. The Bertz CT molecular complexity index is 931. The summed E-state index contributed by atoms with van der Waals surface area (Å²) in [6, 6.07) is 3.47. The molecule has 7 heteroatoms. The maximum atomic E-state index is 13.2. The van der Waals surface area contributed by atoms with Gasteiger partial charge in [-0.05, 0) is 45.6 Å². The Hall–Kier alpha value is -2.70. The van der Waals surface area contributed by atoms with Crippen LogP contribution in [0.25, 0.3) is 0 Å². The average molecular weight is 396 g/mol. The first-order valence-corrected chi connectivity index (χ1v) is 10.4. The van der Waals surface area contributed by atoms with Crippen molar-refractivity contribution in [2.24, 2.45) is 0 Å². The summed E-state index contributed by atoms with van der Waals surface area (Å²) in [5, 5.41) is 0. The Kier molecular flexibility index (Phi) is 5.15. The van der Waals surface area contributed by atoms with E-state index in [-0.39, 0.29) is 11.3 Å². The number of hydrogen-bond donors (Lipinski definition) is 0. The Morgan fingerprint density at radius 3 is 2.93 bits per heavy atom. The molecule has 1 fully saturated rings. The Labute approximate surface area is 172 Å². The number of fused-ring (bicyclic) bond motifs is 2. The second kappa shape index (κ2) is 7.61. The van der Waals surface area contributed by atoms with E-state index in [2.05, 4.69) is 23.9 Å². The van der Waals surface area contributed by atoms with E-state index >= 15 is 0 Å². The van der Waals surface area contributed by atoms with Gasteiger partial charge >= 0.3 is 0 Å². The van der Waals surface area contributed by atoms with Crippen LogP contribution in [-0.4, -0.2) is 59.6 Å². The topological polar surface area (TPSA) is 71.5 Å². The number of aryl methyl sites for hydroxylation is 1. The highest BCUT2D eigenvalue weighted by Gasteiger charge is 2.46. The van der Waals surface area contributed by atoms with Gasteiger partial charge in [0.25, 0.3) is 5.91 Å². The number of ether oxygens (including phenoxy) is 1. The van der Waals surface area contributed by atoms with Gasteiger partial charge in [0.2, 0.25) is 0 Å². The largest absolute Gasteiger partial charge is 0.497 e. The molecule has 1 unspecified atom stereocenters. The van der Waals surface area contributed by atoms with Crippen LogP contribution < -0.4 is 9.64 Å². The highest BCUT2D eigenvalue weighted by atomic mass is 16.5. The molecule has 0 saturated carbocycles. The van der Waals surface area contributed by atoms with E-state index < -0.39 is 0 Å². The number of piperidine rings is 1. The van der Waals surface area contributed by atoms with Crippen molar-refractivity contribution in [3.05, 3.63) is 41.1 Å². The fourth-order valence-electron chi connectivity index (χ4n) is 4.72. The number of carbonyl (C=O) groups is 1. The first kappa shape index (κ1) is 19.6. The predicted octanol–water partition coefficient (Wildman–Crippen LogP) is 2.76. The number of methoxy groups -OCH3 is 1. The number of likely N-dealkylation sites (tertiary alicyclic amines) is 1. The van der Waals surface area contributed by atoms with E-state index in [4.69, 9.17) is 14.7 Å². The SMILES string of the molecule is CCN(C)c1nc(C)nc2c1CCC21CCCN(C(=O)c2cc(OC)ccn2)C1. The molecule has 1 aliphatic heterocycles. The van der Waals surface area contributed by atoms with Crippen LogP contribution in [0.1, 0.15) is 53.8 Å². The smallest absolute Gasteiger partial charge is 0.272 e. The van der Waals surface area contributed by atoms with Gasteiger partial charge in [-0.25, -0.2) is 9.97 Å². The van der Waals surface area contributed by atoms with E-state index in [9.17, 15) is 4.79 Å². The second-order valence-corrected chi connectivity index (χ2v) is 8.13. The van der Waals surface area contributed by atoms with E-state index in [1.807, 2.05) is 11.8 Å². The first-order chi connectivity index (χ1) is 14.0. The molecule has 2 aromatic heterocycles. The summed E-state index contributed by atoms with van der Waals surface area (Å²) in [5.74, 6) is 2.47. The minimum absolute atomic E-state index is 0.0342. The van der Waals surface area contributed by atoms with Gasteiger partial charge in [0.1, 0.15) is 23.1 Å². The zero-order valence-corrected chi connectivity index (χ0v) is 17.7. The third-order valence-corrected chi connectivity index (χ3v) is 6.34. The quantitative estimate of drug-likeness (QED) is 0.793. The fourth-order valence-corrected chi connectivity index (χ4v) is 4.72. The van der Waals surface area contributed by atoms with Crippen molar-refractivity contribution in [3.8, 4) is 5.75 Å². The van der Waals surface area contributed by atoms with E-state index in [1.54, 1.807) is 25.4 Å². The van der Waals surface area contributed by atoms with Gasteiger partial charge < -0.3 is 14.5 Å². The van der Waals surface area contributed by atoms with Crippen molar-refractivity contribution >= 4 is 11.7 Å². The van der Waals surface area contributed by atoms with E-state index in [1.165, 1.54) is 5.56 Å². The monoisotopic (exact) mass is 395 g/mol. The molecule has 1 aliphatic carbocycles. The van der Waals surface area contributed by atoms with Crippen LogP contribution in [0.5, 0.6) is 5.75 Å². The molecule has 0 N–H and O–H groups in total. The minimum atomic E-state index is -0.0842. The summed E-state index contributed by atoms with van der Waals surface area (Å²) in [5.41, 5.74) is 2.76. The number of hydrogen-bond acceptors (Lipinski definition) is 6. The molecule has 3 heterocycles. The maximum Gasteiger partial charge on any atom is 0.272 e. The van der Waals surface area contributed by atoms with Crippen molar-refractivity contribution < 1.29 is 9.53 Å². The van der Waals surface area contributed by atoms with Crippen molar-refractivity contribution in [1.29, 1.82) is 0 Å². The number of anilines is 1. The molecular weight excluding hydrogens is 366 g/mol. The summed E-state index contributed by atoms with van der Waals surface area (Å²) in [6.07, 6.45) is 5.63. The van der Waals surface area contributed by atoms with Gasteiger partial charge in [-0.3, -0.25) is 9.78 Å². The van der Waals surface area contributed by atoms with Crippen molar-refractivity contribution in [2.45, 2.75) is 44.9 Å². The van der Waals surface area contributed by atoms with Crippen LogP contribution in [0.4, 0.5) is 5.82 Å². The van der Waals surface area contributed by atoms with Gasteiger partial charge in [-0.2, -0.15) is 0 Å². The van der Waals surface area contributed by atoms with Crippen LogP contribution in [-0.2, 0) is 11.8 Å². The lowest BCUT2D eigenvalue weighted by molar-refractivity contribution is 0.0627. The summed E-state index contributed by atoms with van der Waals surface area (Å²) in [4.78, 5) is 31.2. The zero-order chi connectivity index (χ0) is 20.6. The lowest BCUT2D eigenvalue weighted by atomic mass is 9.77. The predicted molar refractivity (Wildman–Crippen MR) is 112 cm³/mol. The van der Waals surface area contributed by atoms with Crippen LogP contribution in [0.15, 0.2) is 18.3 Å². The molecule has 4 rings (SSSR count). The third-order valence-electron chi connectivity index (χ3n) is 6.34. The number of rotatable bonds is 4. The van der Waals surface area contributed by atoms with Crippen molar-refractivity contribution in [1.82, 2.24) is 19.9 Å². The number of pyridine rings is 1. The normalized spacial score (nSPS) is 20.6. The number of carbonyl (C=O) groups excluding carboxylic acids is 1. The molecular formula is C22H29N5O2. The van der Waals surface area contributed by atoms with Crippen LogP contribution >= 0.6 is 0 Å². The molecule has 0 radical (unpaired) electrons. The summed E-state index contributed by atoms with van der Waals surface area (Å²) in [7, 11) is 3.68. The molecule has 1 saturated heterocycles. The average Bonchev–Trinajstić information content (AvgIpc) is 3.09. The van der Waals surface area contributed by atoms with Gasteiger partial charge in [0.15, 0.2) is 0 Å². The minimum Gasteiger partial charge on any atom is -0.497 e. The van der Waals surface area contributed by atoms with Crippen molar-refractivity contribution in [3.63, 3.8) is 0 Å². The molecule has 29 heavy (non-hydrogen) atoms. The van der Waals surface area contributed by atoms with Crippen LogP contribution in [0.3, 0.4) is 0 Å². The maximum absolute atomic E-state index is 13.2. The van der Waals surface area contributed by atoms with Crippen molar-refractivity contribution in [2.75, 3.05) is 38.7 Å². The molecule has 2 aromatic rings. The van der Waals surface area contributed by atoms with E-state index in [0.29, 0.717) is 18.0 Å². The summed E-state index contributed by atoms with van der Waals surface area (Å²) < 4.78 is 5.26. The fraction of sp³-hybridized carbons (Fsp3) is 0.545. The van der Waals surface area contributed by atoms with Crippen LogP contribution in [0, 0.1) is 6.92 Å². The molecule has 1 spiro atoms. The standard InChI is InChI=1S/C22H29N5O2/c1-5-26(3)20-17-7-10-22(19(17)24-15(2)25-20)9-6-12-27(14-22)21(28)18-13-16(29-4)8-11-23-18/h8,11,13H,5-7,9-10,12,14H2,1-4H3. The number of amides is 1. The number of aromatic nitrogens is 3. The molecule has 7 nitrogen and oxygen atoms in total. The Morgan fingerprint density at radius 2 is 2.17 bits per heavy atom. The summed E-state index contributed by atoms with van der Waals surface area (Å²) >= 11 is 0. The Morgan fingerprint density at radius 1 is 1.34 bits per heavy atom. The summed E-state index contributed by atoms with van der Waals surface area (Å²) in [6.45, 7) is 6.44. The molecule has 0 aromatic carbocycles. The molecule has 1 atom stereocenters. The van der Waals surface area contributed by atoms with Gasteiger partial charge in [-0.15, -0.1) is 0 Å². The second-order valence-electron chi connectivity index (χ2n) is 8.13. The first-order valence-electron chi connectivity index (χ1n) is 10.4. The highest BCUT2D eigenvalue weighted by molar-refractivity contribution is 5.92. The van der Waals surface area contributed by atoms with E-state index in [0.717, 1.165) is 56.1 Å². The Balaban J connectivity index is 1.66. The van der Waals surface area contributed by atoms with Crippen LogP contribution in [0.2, 0.25) is 0 Å². The third kappa shape index (κ3) is 3.43. The van der Waals surface area contributed by atoms with Gasteiger partial charge in [-0.1, -0.05) is 0 Å². The van der Waals surface area contributed by atoms with Gasteiger partial charge in [0, 0.05) is 49.9 Å². The highest BCUT2D eigenvalue weighted by Crippen LogP contribution is 2.46. The van der Waals surface area contributed by atoms with Gasteiger partial charge in [0.05, 0.1) is 12.8 Å². The number of nitrogens with zero attached hydrogens (tertiary/aromatic N) is 5. The molecule has 154 valence electrons. The lowest BCUT2D eigenvalue weighted by Gasteiger charge is -2.40. The zero-order valence-electron chi connectivity index (χ0n) is 17.7. The molecule has 1 amide bonds. The molecule has 0 bridgehead atoms. The lowest BCUT2D eigenvalue weighted by Crippen LogP contribution is -2.48.